The van der Waals surface area contributed by atoms with Gasteiger partial charge in [-0.15, -0.1) is 0 Å². The van der Waals surface area contributed by atoms with Crippen molar-refractivity contribution in [2.24, 2.45) is 13.0 Å². The van der Waals surface area contributed by atoms with Crippen LogP contribution in [0.4, 0.5) is 11.4 Å². The second-order valence-corrected chi connectivity index (χ2v) is 8.08. The molecule has 1 aliphatic heterocycles. The van der Waals surface area contributed by atoms with Gasteiger partial charge in [0.25, 0.3) is 11.5 Å². The molecule has 0 radical (unpaired) electrons. The first-order valence-corrected chi connectivity index (χ1v) is 11.0. The van der Waals surface area contributed by atoms with Crippen molar-refractivity contribution in [1.29, 1.82) is 0 Å². The molecular weight excluding hydrogens is 408 g/mol. The van der Waals surface area contributed by atoms with Crippen LogP contribution in [0.3, 0.4) is 0 Å². The average Bonchev–Trinajstić information content (AvgIpc) is 3.18. The largest absolute Gasteiger partial charge is 0.339 e. The maximum atomic E-state index is 13.0. The summed E-state index contributed by atoms with van der Waals surface area (Å²) in [5, 5.41) is 2.66. The Morgan fingerprint density at radius 2 is 1.75 bits per heavy atom. The van der Waals surface area contributed by atoms with Crippen LogP contribution in [0.2, 0.25) is 0 Å². The van der Waals surface area contributed by atoms with Gasteiger partial charge in [0.2, 0.25) is 11.8 Å². The van der Waals surface area contributed by atoms with E-state index in [1.54, 1.807) is 16.8 Å². The van der Waals surface area contributed by atoms with E-state index < -0.39 is 17.4 Å². The van der Waals surface area contributed by atoms with Gasteiger partial charge in [0.15, 0.2) is 0 Å². The maximum absolute atomic E-state index is 13.0. The van der Waals surface area contributed by atoms with Gasteiger partial charge in [-0.1, -0.05) is 32.0 Å². The summed E-state index contributed by atoms with van der Waals surface area (Å²) in [5.74, 6) is -1.30. The molecule has 0 aliphatic carbocycles. The van der Waals surface area contributed by atoms with Crippen LogP contribution in [0.5, 0.6) is 0 Å². The molecule has 170 valence electrons. The Hall–Kier alpha value is -3.42. The van der Waals surface area contributed by atoms with Crippen LogP contribution in [-0.2, 0) is 16.6 Å². The monoisotopic (exact) mass is 438 g/mol. The standard InChI is InChI=1S/C24H30N4O4/c1-4-11-27(12-5-2)23(31)18-13-20(24(32)26(3)15-18)25-22(30)17-14-21(29)28(16-17)19-9-7-6-8-10-19/h6-10,13,15,17H,4-5,11-12,14,16H2,1-3H3,(H,25,30). The SMILES string of the molecule is CCCN(CCC)C(=O)c1cc(NC(=O)C2CC(=O)N(c3ccccc3)C2)c(=O)n(C)c1. The fourth-order valence-electron chi connectivity index (χ4n) is 3.93. The van der Waals surface area contributed by atoms with Crippen LogP contribution in [0.25, 0.3) is 0 Å². The van der Waals surface area contributed by atoms with Gasteiger partial charge in [0, 0.05) is 45.0 Å². The first-order valence-electron chi connectivity index (χ1n) is 11.0. The third-order valence-corrected chi connectivity index (χ3v) is 5.53. The minimum Gasteiger partial charge on any atom is -0.339 e. The normalized spacial score (nSPS) is 15.7. The van der Waals surface area contributed by atoms with Crippen LogP contribution in [0.15, 0.2) is 47.4 Å². The average molecular weight is 439 g/mol. The minimum atomic E-state index is -0.580. The summed E-state index contributed by atoms with van der Waals surface area (Å²) < 4.78 is 1.30. The summed E-state index contributed by atoms with van der Waals surface area (Å²) in [5.41, 5.74) is 0.722. The van der Waals surface area contributed by atoms with Crippen molar-refractivity contribution < 1.29 is 14.4 Å². The smallest absolute Gasteiger partial charge is 0.274 e. The van der Waals surface area contributed by atoms with Crippen molar-refractivity contribution in [3.05, 3.63) is 58.5 Å². The highest BCUT2D eigenvalue weighted by molar-refractivity contribution is 6.04. The zero-order valence-corrected chi connectivity index (χ0v) is 18.8. The molecule has 1 aromatic carbocycles. The molecule has 32 heavy (non-hydrogen) atoms. The molecule has 1 atom stereocenters. The van der Waals surface area contributed by atoms with E-state index in [9.17, 15) is 19.2 Å². The van der Waals surface area contributed by atoms with Crippen LogP contribution in [0, 0.1) is 5.92 Å². The predicted octanol–water partition coefficient (Wildman–Crippen LogP) is 2.64. The molecule has 3 rings (SSSR count). The Kier molecular flexibility index (Phi) is 7.45. The fourth-order valence-corrected chi connectivity index (χ4v) is 3.93. The third kappa shape index (κ3) is 5.07. The lowest BCUT2D eigenvalue weighted by molar-refractivity contribution is -0.122. The van der Waals surface area contributed by atoms with Gasteiger partial charge in [-0.3, -0.25) is 19.2 Å². The number of aromatic nitrogens is 1. The molecule has 2 aromatic rings. The quantitative estimate of drug-likeness (QED) is 0.686. The molecule has 2 heterocycles. The van der Waals surface area contributed by atoms with Gasteiger partial charge in [0.1, 0.15) is 5.69 Å². The van der Waals surface area contributed by atoms with Crippen LogP contribution < -0.4 is 15.8 Å². The van der Waals surface area contributed by atoms with E-state index in [0.29, 0.717) is 18.7 Å². The highest BCUT2D eigenvalue weighted by atomic mass is 16.2. The Morgan fingerprint density at radius 3 is 2.38 bits per heavy atom. The van der Waals surface area contributed by atoms with E-state index in [4.69, 9.17) is 0 Å². The van der Waals surface area contributed by atoms with Crippen LogP contribution >= 0.6 is 0 Å². The number of nitrogens with zero attached hydrogens (tertiary/aromatic N) is 3. The molecular formula is C24H30N4O4. The number of benzene rings is 1. The number of pyridine rings is 1. The predicted molar refractivity (Wildman–Crippen MR) is 124 cm³/mol. The number of rotatable bonds is 8. The summed E-state index contributed by atoms with van der Waals surface area (Å²) in [6, 6.07) is 10.6. The molecule has 3 amide bonds. The fraction of sp³-hybridized carbons (Fsp3) is 0.417. The molecule has 0 saturated carbocycles. The number of amides is 3. The Morgan fingerprint density at radius 1 is 1.09 bits per heavy atom. The molecule has 1 fully saturated rings. The minimum absolute atomic E-state index is 0.0434. The van der Waals surface area contributed by atoms with E-state index in [1.165, 1.54) is 16.8 Å². The number of aryl methyl sites for hydroxylation is 1. The van der Waals surface area contributed by atoms with E-state index in [2.05, 4.69) is 5.32 Å². The number of para-hydroxylation sites is 1. The number of carbonyl (C=O) groups excluding carboxylic acids is 3. The maximum Gasteiger partial charge on any atom is 0.274 e. The zero-order valence-electron chi connectivity index (χ0n) is 18.8. The molecule has 8 nitrogen and oxygen atoms in total. The molecule has 1 aliphatic rings. The lowest BCUT2D eigenvalue weighted by Crippen LogP contribution is -2.34. The van der Waals surface area contributed by atoms with Gasteiger partial charge in [-0.05, 0) is 31.0 Å². The summed E-state index contributed by atoms with van der Waals surface area (Å²) in [7, 11) is 1.55. The lowest BCUT2D eigenvalue weighted by Gasteiger charge is -2.22. The highest BCUT2D eigenvalue weighted by Crippen LogP contribution is 2.25. The first-order chi connectivity index (χ1) is 15.3. The molecule has 8 heteroatoms. The van der Waals surface area contributed by atoms with Crippen molar-refractivity contribution >= 4 is 29.1 Å². The number of hydrogen-bond donors (Lipinski definition) is 1. The highest BCUT2D eigenvalue weighted by Gasteiger charge is 2.35. The summed E-state index contributed by atoms with van der Waals surface area (Å²) in [6.07, 6.45) is 3.22. The van der Waals surface area contributed by atoms with Gasteiger partial charge in [-0.25, -0.2) is 0 Å². The van der Waals surface area contributed by atoms with Gasteiger partial charge >= 0.3 is 0 Å². The van der Waals surface area contributed by atoms with E-state index >= 15 is 0 Å². The van der Waals surface area contributed by atoms with E-state index in [-0.39, 0.29) is 30.5 Å². The van der Waals surface area contributed by atoms with E-state index in [1.807, 2.05) is 44.2 Å². The van der Waals surface area contributed by atoms with Crippen LogP contribution in [-0.4, -0.2) is 46.8 Å². The van der Waals surface area contributed by atoms with Crippen molar-refractivity contribution in [2.45, 2.75) is 33.1 Å². The Balaban J connectivity index is 1.78. The van der Waals surface area contributed by atoms with Crippen molar-refractivity contribution in [1.82, 2.24) is 9.47 Å². The number of carbonyl (C=O) groups is 3. The second kappa shape index (κ2) is 10.3. The first kappa shape index (κ1) is 23.2. The topological polar surface area (TPSA) is 91.7 Å². The van der Waals surface area contributed by atoms with Gasteiger partial charge in [0.05, 0.1) is 11.5 Å². The molecule has 1 aromatic heterocycles. The molecule has 0 bridgehead atoms. The Labute approximate surface area is 187 Å². The van der Waals surface area contributed by atoms with Crippen molar-refractivity contribution in [3.63, 3.8) is 0 Å². The number of nitrogens with one attached hydrogen (secondary N) is 1. The molecule has 0 spiro atoms. The third-order valence-electron chi connectivity index (χ3n) is 5.53. The molecule has 1 saturated heterocycles. The zero-order chi connectivity index (χ0) is 23.3. The molecule has 1 unspecified atom stereocenters. The van der Waals surface area contributed by atoms with Crippen molar-refractivity contribution in [3.8, 4) is 0 Å². The number of anilines is 2. The summed E-state index contributed by atoms with van der Waals surface area (Å²) in [6.45, 7) is 5.50. The second-order valence-electron chi connectivity index (χ2n) is 8.08. The molecule has 1 N–H and O–H groups in total. The summed E-state index contributed by atoms with van der Waals surface area (Å²) >= 11 is 0. The van der Waals surface area contributed by atoms with Crippen molar-refractivity contribution in [2.75, 3.05) is 29.9 Å². The Bertz CT molecular complexity index is 1040. The van der Waals surface area contributed by atoms with Gasteiger partial charge in [-0.2, -0.15) is 0 Å². The van der Waals surface area contributed by atoms with Crippen LogP contribution in [0.1, 0.15) is 43.5 Å². The lowest BCUT2D eigenvalue weighted by atomic mass is 10.1. The number of hydrogen-bond acceptors (Lipinski definition) is 4. The van der Waals surface area contributed by atoms with Gasteiger partial charge < -0.3 is 19.7 Å². The van der Waals surface area contributed by atoms with E-state index in [0.717, 1.165) is 18.5 Å². The summed E-state index contributed by atoms with van der Waals surface area (Å²) in [4.78, 5) is 54.2.